The number of benzene rings is 1. The molecule has 0 atom stereocenters. The lowest BCUT2D eigenvalue weighted by atomic mass is 10.1. The lowest BCUT2D eigenvalue weighted by Gasteiger charge is -2.17. The van der Waals surface area contributed by atoms with Crippen LogP contribution in [0.15, 0.2) is 18.7 Å². The Hall–Kier alpha value is -1.85. The van der Waals surface area contributed by atoms with Crippen molar-refractivity contribution in [3.05, 3.63) is 41.5 Å². The molecule has 0 spiro atoms. The Morgan fingerprint density at radius 3 is 2.58 bits per heavy atom. The minimum absolute atomic E-state index is 0.0456. The smallest absolute Gasteiger partial charge is 0.267 e. The molecular weight excluding hydrogens is 262 g/mol. The Morgan fingerprint density at radius 1 is 1.37 bits per heavy atom. The van der Waals surface area contributed by atoms with Gasteiger partial charge in [-0.25, -0.2) is 17.6 Å². The fourth-order valence-corrected chi connectivity index (χ4v) is 1.99. The van der Waals surface area contributed by atoms with Crippen LogP contribution in [0.2, 0.25) is 0 Å². The molecule has 0 aromatic heterocycles. The zero-order valence-corrected chi connectivity index (χ0v) is 9.93. The number of carbonyl (C=O) groups excluding carboxylic acids is 1. The van der Waals surface area contributed by atoms with Gasteiger partial charge in [-0.15, -0.1) is 0 Å². The number of likely N-dealkylation sites (tertiary alicyclic amines) is 1. The van der Waals surface area contributed by atoms with Crippen molar-refractivity contribution in [1.82, 2.24) is 4.90 Å². The molecule has 1 aromatic rings. The minimum atomic E-state index is -3.00. The Morgan fingerprint density at radius 2 is 2.05 bits per heavy atom. The number of hydrogen-bond acceptors (Lipinski definition) is 1. The highest BCUT2D eigenvalue weighted by atomic mass is 19.3. The summed E-state index contributed by atoms with van der Waals surface area (Å²) in [5.74, 6) is -6.20. The van der Waals surface area contributed by atoms with Gasteiger partial charge in [0.2, 0.25) is 0 Å². The summed E-state index contributed by atoms with van der Waals surface area (Å²) in [7, 11) is 0. The number of alkyl halides is 2. The predicted molar refractivity (Wildman–Crippen MR) is 61.9 cm³/mol. The maximum absolute atomic E-state index is 13.9. The van der Waals surface area contributed by atoms with Crippen molar-refractivity contribution in [2.24, 2.45) is 0 Å². The van der Waals surface area contributed by atoms with E-state index in [-0.39, 0.29) is 12.1 Å². The third-order valence-electron chi connectivity index (χ3n) is 3.01. The van der Waals surface area contributed by atoms with E-state index in [2.05, 4.69) is 6.58 Å². The summed E-state index contributed by atoms with van der Waals surface area (Å²) < 4.78 is 53.5. The number of carbonyl (C=O) groups is 1. The number of nitrogens with zero attached hydrogens (tertiary/aromatic N) is 1. The molecule has 1 heterocycles. The Bertz CT molecular complexity index is 542. The number of halogens is 4. The van der Waals surface area contributed by atoms with Crippen molar-refractivity contribution in [2.45, 2.75) is 12.3 Å². The molecular formula is C13H11F4NO. The van der Waals surface area contributed by atoms with E-state index in [4.69, 9.17) is 0 Å². The molecule has 2 nitrogen and oxygen atoms in total. The zero-order valence-electron chi connectivity index (χ0n) is 9.93. The molecule has 1 aliphatic rings. The summed E-state index contributed by atoms with van der Waals surface area (Å²) in [6.07, 6.45) is 0.632. The molecule has 0 bridgehead atoms. The first kappa shape index (κ1) is 13.6. The maximum Gasteiger partial charge on any atom is 0.267 e. The van der Waals surface area contributed by atoms with Crippen molar-refractivity contribution in [1.29, 1.82) is 0 Å². The standard InChI is InChI=1S/C13H11F4NO/c1-2-8-3-4-9(14)10(11(8)15)12(19)18-6-5-13(16,17)7-18/h2-4H,1,5-7H2. The quantitative estimate of drug-likeness (QED) is 0.758. The lowest BCUT2D eigenvalue weighted by Crippen LogP contribution is -2.32. The van der Waals surface area contributed by atoms with E-state index >= 15 is 0 Å². The average molecular weight is 273 g/mol. The third kappa shape index (κ3) is 2.47. The van der Waals surface area contributed by atoms with Gasteiger partial charge in [0.15, 0.2) is 0 Å². The highest BCUT2D eigenvalue weighted by Crippen LogP contribution is 2.29. The van der Waals surface area contributed by atoms with Gasteiger partial charge in [0, 0.05) is 18.5 Å². The monoisotopic (exact) mass is 273 g/mol. The van der Waals surface area contributed by atoms with Crippen LogP contribution in [0.25, 0.3) is 6.08 Å². The van der Waals surface area contributed by atoms with Crippen molar-refractivity contribution in [3.63, 3.8) is 0 Å². The van der Waals surface area contributed by atoms with Gasteiger partial charge in [0.05, 0.1) is 6.54 Å². The molecule has 6 heteroatoms. The highest BCUT2D eigenvalue weighted by Gasteiger charge is 2.41. The molecule has 19 heavy (non-hydrogen) atoms. The Labute approximate surface area is 107 Å². The minimum Gasteiger partial charge on any atom is -0.332 e. The fourth-order valence-electron chi connectivity index (χ4n) is 1.99. The Kier molecular flexibility index (Phi) is 3.34. The maximum atomic E-state index is 13.9. The van der Waals surface area contributed by atoms with Crippen molar-refractivity contribution in [3.8, 4) is 0 Å². The van der Waals surface area contributed by atoms with Crippen LogP contribution in [0.5, 0.6) is 0 Å². The van der Waals surface area contributed by atoms with Crippen LogP contribution in [0, 0.1) is 11.6 Å². The first-order valence-corrected chi connectivity index (χ1v) is 5.63. The highest BCUT2D eigenvalue weighted by molar-refractivity contribution is 5.95. The molecule has 0 aliphatic carbocycles. The second-order valence-electron chi connectivity index (χ2n) is 4.36. The van der Waals surface area contributed by atoms with Crippen LogP contribution < -0.4 is 0 Å². The summed E-state index contributed by atoms with van der Waals surface area (Å²) in [4.78, 5) is 12.7. The van der Waals surface area contributed by atoms with Gasteiger partial charge >= 0.3 is 0 Å². The van der Waals surface area contributed by atoms with Gasteiger partial charge in [-0.05, 0) is 12.1 Å². The summed E-state index contributed by atoms with van der Waals surface area (Å²) >= 11 is 0. The Balaban J connectivity index is 2.37. The van der Waals surface area contributed by atoms with Gasteiger partial charge in [0.1, 0.15) is 17.2 Å². The second-order valence-corrected chi connectivity index (χ2v) is 4.36. The van der Waals surface area contributed by atoms with Gasteiger partial charge in [0.25, 0.3) is 11.8 Å². The molecule has 1 aromatic carbocycles. The summed E-state index contributed by atoms with van der Waals surface area (Å²) in [6.45, 7) is 2.30. The van der Waals surface area contributed by atoms with Crippen molar-refractivity contribution < 1.29 is 22.4 Å². The number of rotatable bonds is 2. The molecule has 0 saturated carbocycles. The van der Waals surface area contributed by atoms with Crippen LogP contribution >= 0.6 is 0 Å². The van der Waals surface area contributed by atoms with E-state index in [1.54, 1.807) is 0 Å². The van der Waals surface area contributed by atoms with E-state index in [9.17, 15) is 22.4 Å². The van der Waals surface area contributed by atoms with Crippen LogP contribution in [0.4, 0.5) is 17.6 Å². The SMILES string of the molecule is C=Cc1ccc(F)c(C(=O)N2CCC(F)(F)C2)c1F. The summed E-state index contributed by atoms with van der Waals surface area (Å²) in [5.41, 5.74) is -0.856. The molecule has 1 amide bonds. The van der Waals surface area contributed by atoms with E-state index in [0.717, 1.165) is 23.1 Å². The number of hydrogen-bond donors (Lipinski definition) is 0. The normalized spacial score (nSPS) is 17.6. The third-order valence-corrected chi connectivity index (χ3v) is 3.01. The van der Waals surface area contributed by atoms with Crippen LogP contribution in [0.1, 0.15) is 22.3 Å². The molecule has 102 valence electrons. The average Bonchev–Trinajstić information content (AvgIpc) is 2.70. The summed E-state index contributed by atoms with van der Waals surface area (Å²) in [6, 6.07) is 2.05. The van der Waals surface area contributed by atoms with Crippen LogP contribution in [-0.2, 0) is 0 Å². The van der Waals surface area contributed by atoms with Gasteiger partial charge in [-0.1, -0.05) is 12.7 Å². The largest absolute Gasteiger partial charge is 0.332 e. The summed E-state index contributed by atoms with van der Waals surface area (Å²) in [5, 5.41) is 0. The molecule has 2 rings (SSSR count). The first-order chi connectivity index (χ1) is 8.85. The first-order valence-electron chi connectivity index (χ1n) is 5.63. The van der Waals surface area contributed by atoms with E-state index in [0.29, 0.717) is 0 Å². The second kappa shape index (κ2) is 4.68. The van der Waals surface area contributed by atoms with Crippen molar-refractivity contribution in [2.75, 3.05) is 13.1 Å². The van der Waals surface area contributed by atoms with Crippen molar-refractivity contribution >= 4 is 12.0 Å². The molecule has 0 unspecified atom stereocenters. The van der Waals surface area contributed by atoms with E-state index in [1.807, 2.05) is 0 Å². The molecule has 0 radical (unpaired) electrons. The lowest BCUT2D eigenvalue weighted by molar-refractivity contribution is 0.0118. The fraction of sp³-hybridized carbons (Fsp3) is 0.308. The molecule has 1 fully saturated rings. The van der Waals surface area contributed by atoms with E-state index in [1.165, 1.54) is 0 Å². The molecule has 1 aliphatic heterocycles. The number of amides is 1. The van der Waals surface area contributed by atoms with Gasteiger partial charge in [-0.3, -0.25) is 4.79 Å². The zero-order chi connectivity index (χ0) is 14.2. The van der Waals surface area contributed by atoms with Crippen LogP contribution in [0.3, 0.4) is 0 Å². The predicted octanol–water partition coefficient (Wildman–Crippen LogP) is 3.09. The van der Waals surface area contributed by atoms with Gasteiger partial charge < -0.3 is 4.90 Å². The topological polar surface area (TPSA) is 20.3 Å². The van der Waals surface area contributed by atoms with E-state index < -0.39 is 42.0 Å². The molecule has 1 saturated heterocycles. The van der Waals surface area contributed by atoms with Gasteiger partial charge in [-0.2, -0.15) is 0 Å². The molecule has 0 N–H and O–H groups in total. The van der Waals surface area contributed by atoms with Crippen LogP contribution in [-0.4, -0.2) is 29.8 Å².